The highest BCUT2D eigenvalue weighted by atomic mass is 79.9. The van der Waals surface area contributed by atoms with Crippen molar-refractivity contribution in [3.05, 3.63) is 45.7 Å². The van der Waals surface area contributed by atoms with Gasteiger partial charge in [-0.15, -0.1) is 11.3 Å². The molecule has 18 heavy (non-hydrogen) atoms. The fourth-order valence-electron chi connectivity index (χ4n) is 1.37. The summed E-state index contributed by atoms with van der Waals surface area (Å²) < 4.78 is 27.6. The third-order valence-electron chi connectivity index (χ3n) is 2.22. The number of rotatable bonds is 4. The normalized spacial score (nSPS) is 11.6. The van der Waals surface area contributed by atoms with E-state index in [0.29, 0.717) is 5.69 Å². The molecule has 0 spiro atoms. The summed E-state index contributed by atoms with van der Waals surface area (Å²) in [6.07, 6.45) is 0. The Morgan fingerprint density at radius 3 is 2.72 bits per heavy atom. The average Bonchev–Trinajstić information content (AvgIpc) is 2.74. The number of benzene rings is 1. The predicted octanol–water partition coefficient (Wildman–Crippen LogP) is 2.57. The van der Waals surface area contributed by atoms with Gasteiger partial charge in [0.1, 0.15) is 4.21 Å². The van der Waals surface area contributed by atoms with E-state index in [0.717, 1.165) is 21.4 Å². The Balaban J connectivity index is 2.10. The van der Waals surface area contributed by atoms with Crippen LogP contribution >= 0.6 is 27.3 Å². The van der Waals surface area contributed by atoms with E-state index in [-0.39, 0.29) is 10.8 Å². The van der Waals surface area contributed by atoms with Crippen molar-refractivity contribution in [3.8, 4) is 0 Å². The number of nitrogens with two attached hydrogens (primary N) is 1. The van der Waals surface area contributed by atoms with Crippen LogP contribution in [0.5, 0.6) is 0 Å². The Bertz CT molecular complexity index is 653. The first-order valence-electron chi connectivity index (χ1n) is 5.05. The Kier molecular flexibility index (Phi) is 4.06. The van der Waals surface area contributed by atoms with Crippen LogP contribution in [0.15, 0.2) is 44.4 Å². The van der Waals surface area contributed by atoms with Gasteiger partial charge in [-0.3, -0.25) is 0 Å². The molecule has 0 atom stereocenters. The monoisotopic (exact) mass is 346 g/mol. The summed E-state index contributed by atoms with van der Waals surface area (Å²) in [6.45, 7) is 0.250. The molecule has 0 amide bonds. The van der Waals surface area contributed by atoms with Crippen LogP contribution in [0.3, 0.4) is 0 Å². The highest BCUT2D eigenvalue weighted by Crippen LogP contribution is 2.21. The van der Waals surface area contributed by atoms with Gasteiger partial charge in [-0.25, -0.2) is 13.1 Å². The molecule has 2 rings (SSSR count). The average molecular weight is 347 g/mol. The zero-order valence-electron chi connectivity index (χ0n) is 9.26. The van der Waals surface area contributed by atoms with E-state index in [1.54, 1.807) is 5.38 Å². The van der Waals surface area contributed by atoms with Crippen LogP contribution in [0, 0.1) is 0 Å². The summed E-state index contributed by atoms with van der Waals surface area (Å²) in [5, 5.41) is 1.60. The Labute approximate surface area is 118 Å². The summed E-state index contributed by atoms with van der Waals surface area (Å²) >= 11 is 4.45. The number of halogens is 1. The molecule has 96 valence electrons. The van der Waals surface area contributed by atoms with E-state index in [1.807, 2.05) is 24.3 Å². The molecule has 4 nitrogen and oxygen atoms in total. The van der Waals surface area contributed by atoms with Gasteiger partial charge >= 0.3 is 0 Å². The van der Waals surface area contributed by atoms with Crippen LogP contribution in [-0.2, 0) is 16.6 Å². The van der Waals surface area contributed by atoms with Crippen LogP contribution in [0.25, 0.3) is 0 Å². The Morgan fingerprint density at radius 2 is 2.11 bits per heavy atom. The van der Waals surface area contributed by atoms with Crippen molar-refractivity contribution in [2.75, 3.05) is 5.73 Å². The molecule has 0 aliphatic heterocycles. The number of anilines is 1. The van der Waals surface area contributed by atoms with E-state index in [2.05, 4.69) is 20.7 Å². The minimum atomic E-state index is -3.48. The van der Waals surface area contributed by atoms with Crippen molar-refractivity contribution in [1.82, 2.24) is 4.72 Å². The van der Waals surface area contributed by atoms with E-state index in [4.69, 9.17) is 5.73 Å². The Hall–Kier alpha value is -0.890. The molecular weight excluding hydrogens is 336 g/mol. The number of sulfonamides is 1. The standard InChI is InChI=1S/C11H11BrN2O2S2/c12-9-3-1-2-8(4-9)6-14-18(15,16)11-5-10(13)7-17-11/h1-5,7,14H,6,13H2. The first kappa shape index (κ1) is 13.5. The van der Waals surface area contributed by atoms with Crippen LogP contribution < -0.4 is 10.5 Å². The van der Waals surface area contributed by atoms with Crippen molar-refractivity contribution in [2.24, 2.45) is 0 Å². The van der Waals surface area contributed by atoms with Crippen molar-refractivity contribution >= 4 is 43.0 Å². The van der Waals surface area contributed by atoms with Gasteiger partial charge in [0.15, 0.2) is 0 Å². The van der Waals surface area contributed by atoms with Crippen LogP contribution in [-0.4, -0.2) is 8.42 Å². The summed E-state index contributed by atoms with van der Waals surface area (Å²) in [6, 6.07) is 8.92. The zero-order chi connectivity index (χ0) is 13.2. The van der Waals surface area contributed by atoms with Gasteiger partial charge in [-0.1, -0.05) is 28.1 Å². The largest absolute Gasteiger partial charge is 0.398 e. The fraction of sp³-hybridized carbons (Fsp3) is 0.0909. The van der Waals surface area contributed by atoms with Crippen LogP contribution in [0.2, 0.25) is 0 Å². The molecule has 0 aliphatic rings. The number of nitrogens with one attached hydrogen (secondary N) is 1. The molecule has 0 saturated carbocycles. The third kappa shape index (κ3) is 3.32. The highest BCUT2D eigenvalue weighted by molar-refractivity contribution is 9.10. The van der Waals surface area contributed by atoms with Gasteiger partial charge in [0.2, 0.25) is 10.0 Å². The zero-order valence-corrected chi connectivity index (χ0v) is 12.5. The van der Waals surface area contributed by atoms with Gasteiger partial charge in [-0.05, 0) is 23.8 Å². The molecule has 0 unspecified atom stereocenters. The molecule has 0 aliphatic carbocycles. The second-order valence-electron chi connectivity index (χ2n) is 3.65. The maximum atomic E-state index is 11.9. The van der Waals surface area contributed by atoms with Gasteiger partial charge in [-0.2, -0.15) is 0 Å². The SMILES string of the molecule is Nc1csc(S(=O)(=O)NCc2cccc(Br)c2)c1. The van der Waals surface area contributed by atoms with Gasteiger partial charge in [0.25, 0.3) is 0 Å². The minimum Gasteiger partial charge on any atom is -0.398 e. The predicted molar refractivity (Wildman–Crippen MR) is 76.9 cm³/mol. The molecule has 0 fully saturated rings. The van der Waals surface area contributed by atoms with Gasteiger partial charge in [0.05, 0.1) is 0 Å². The molecule has 0 radical (unpaired) electrons. The lowest BCUT2D eigenvalue weighted by Crippen LogP contribution is -2.22. The summed E-state index contributed by atoms with van der Waals surface area (Å²) in [7, 11) is -3.48. The van der Waals surface area contributed by atoms with Gasteiger partial charge < -0.3 is 5.73 Å². The van der Waals surface area contributed by atoms with E-state index in [1.165, 1.54) is 6.07 Å². The second kappa shape index (κ2) is 5.40. The van der Waals surface area contributed by atoms with Crippen molar-refractivity contribution in [1.29, 1.82) is 0 Å². The lowest BCUT2D eigenvalue weighted by Gasteiger charge is -2.05. The molecule has 3 N–H and O–H groups in total. The molecule has 7 heteroatoms. The van der Waals surface area contributed by atoms with E-state index in [9.17, 15) is 8.42 Å². The number of nitrogen functional groups attached to an aromatic ring is 1. The molecule has 1 heterocycles. The Morgan fingerprint density at radius 1 is 1.33 bits per heavy atom. The fourth-order valence-corrected chi connectivity index (χ4v) is 3.96. The third-order valence-corrected chi connectivity index (χ3v) is 5.57. The van der Waals surface area contributed by atoms with Crippen molar-refractivity contribution in [2.45, 2.75) is 10.8 Å². The van der Waals surface area contributed by atoms with E-state index >= 15 is 0 Å². The lowest BCUT2D eigenvalue weighted by molar-refractivity contribution is 0.583. The number of hydrogen-bond acceptors (Lipinski definition) is 4. The molecule has 1 aromatic carbocycles. The van der Waals surface area contributed by atoms with Crippen molar-refractivity contribution in [3.63, 3.8) is 0 Å². The maximum Gasteiger partial charge on any atom is 0.250 e. The summed E-state index contributed by atoms with van der Waals surface area (Å²) in [5.74, 6) is 0. The highest BCUT2D eigenvalue weighted by Gasteiger charge is 2.15. The summed E-state index contributed by atoms with van der Waals surface area (Å²) in [5.41, 5.74) is 6.86. The minimum absolute atomic E-state index is 0.231. The maximum absolute atomic E-state index is 11.9. The van der Waals surface area contributed by atoms with Crippen LogP contribution in [0.4, 0.5) is 5.69 Å². The molecule has 0 saturated heterocycles. The lowest BCUT2D eigenvalue weighted by atomic mass is 10.2. The van der Waals surface area contributed by atoms with Crippen LogP contribution in [0.1, 0.15) is 5.56 Å². The number of hydrogen-bond donors (Lipinski definition) is 2. The number of thiophene rings is 1. The smallest absolute Gasteiger partial charge is 0.250 e. The second-order valence-corrected chi connectivity index (χ2v) is 7.47. The van der Waals surface area contributed by atoms with Crippen molar-refractivity contribution < 1.29 is 8.42 Å². The molecule has 1 aromatic heterocycles. The molecular formula is C11H11BrN2O2S2. The first-order valence-corrected chi connectivity index (χ1v) is 8.21. The first-order chi connectivity index (χ1) is 8.47. The van der Waals surface area contributed by atoms with Gasteiger partial charge in [0, 0.05) is 22.1 Å². The van der Waals surface area contributed by atoms with E-state index < -0.39 is 10.0 Å². The topological polar surface area (TPSA) is 72.2 Å². The molecule has 0 bridgehead atoms. The quantitative estimate of drug-likeness (QED) is 0.893. The summed E-state index contributed by atoms with van der Waals surface area (Å²) in [4.78, 5) is 0. The molecule has 2 aromatic rings.